The van der Waals surface area contributed by atoms with E-state index in [-0.39, 0.29) is 9.63 Å². The monoisotopic (exact) mass is 304 g/mol. The zero-order valence-corrected chi connectivity index (χ0v) is 10.6. The van der Waals surface area contributed by atoms with Crippen LogP contribution in [0.4, 0.5) is 13.2 Å². The summed E-state index contributed by atoms with van der Waals surface area (Å²) in [6.45, 7) is 4.87. The molecule has 0 bridgehead atoms. The SMILES string of the molecule is CC(C)(C)n1nc(Cl)c(Br)c1C(F)(F)F. The Hall–Kier alpha value is -0.230. The number of nitrogens with zero attached hydrogens (tertiary/aromatic N) is 2. The van der Waals surface area contributed by atoms with Crippen LogP contribution < -0.4 is 0 Å². The second kappa shape index (κ2) is 3.66. The predicted octanol–water partition coefficient (Wildman–Crippen LogP) is 4.07. The van der Waals surface area contributed by atoms with Crippen molar-refractivity contribution in [3.63, 3.8) is 0 Å². The third-order valence-corrected chi connectivity index (χ3v) is 2.94. The van der Waals surface area contributed by atoms with E-state index in [2.05, 4.69) is 21.0 Å². The quantitative estimate of drug-likeness (QED) is 0.706. The van der Waals surface area contributed by atoms with Crippen molar-refractivity contribution in [2.75, 3.05) is 0 Å². The van der Waals surface area contributed by atoms with E-state index in [1.165, 1.54) is 0 Å². The maximum absolute atomic E-state index is 12.7. The van der Waals surface area contributed by atoms with Crippen molar-refractivity contribution in [1.82, 2.24) is 9.78 Å². The Morgan fingerprint density at radius 1 is 1.27 bits per heavy atom. The van der Waals surface area contributed by atoms with Crippen molar-refractivity contribution in [2.24, 2.45) is 0 Å². The lowest BCUT2D eigenvalue weighted by molar-refractivity contribution is -0.146. The lowest BCUT2D eigenvalue weighted by Gasteiger charge is -2.23. The van der Waals surface area contributed by atoms with E-state index in [1.54, 1.807) is 20.8 Å². The minimum Gasteiger partial charge on any atom is -0.253 e. The van der Waals surface area contributed by atoms with Crippen molar-refractivity contribution in [3.8, 4) is 0 Å². The van der Waals surface area contributed by atoms with E-state index in [1.807, 2.05) is 0 Å². The van der Waals surface area contributed by atoms with Crippen molar-refractivity contribution in [3.05, 3.63) is 15.3 Å². The average Bonchev–Trinajstić information content (AvgIpc) is 2.25. The molecule has 0 fully saturated rings. The molecule has 0 unspecified atom stereocenters. The number of aromatic nitrogens is 2. The van der Waals surface area contributed by atoms with Crippen LogP contribution in [0.25, 0.3) is 0 Å². The van der Waals surface area contributed by atoms with Gasteiger partial charge in [0.2, 0.25) is 0 Å². The first kappa shape index (κ1) is 12.8. The third-order valence-electron chi connectivity index (χ3n) is 1.69. The normalized spacial score (nSPS) is 13.3. The van der Waals surface area contributed by atoms with Crippen LogP contribution in [0.15, 0.2) is 4.47 Å². The van der Waals surface area contributed by atoms with E-state index < -0.39 is 17.4 Å². The van der Waals surface area contributed by atoms with Crippen LogP contribution in [-0.4, -0.2) is 9.78 Å². The molecule has 0 aliphatic carbocycles. The summed E-state index contributed by atoms with van der Waals surface area (Å²) >= 11 is 8.36. The highest BCUT2D eigenvalue weighted by Gasteiger charge is 2.41. The molecule has 86 valence electrons. The summed E-state index contributed by atoms with van der Waals surface area (Å²) in [5.74, 6) is 0. The maximum atomic E-state index is 12.7. The topological polar surface area (TPSA) is 17.8 Å². The van der Waals surface area contributed by atoms with Gasteiger partial charge in [-0.1, -0.05) is 11.6 Å². The van der Waals surface area contributed by atoms with Gasteiger partial charge in [-0.25, -0.2) is 0 Å². The van der Waals surface area contributed by atoms with Crippen LogP contribution in [0.2, 0.25) is 5.15 Å². The van der Waals surface area contributed by atoms with Gasteiger partial charge in [0.15, 0.2) is 10.8 Å². The zero-order chi connectivity index (χ0) is 12.0. The Balaban J connectivity index is 3.48. The predicted molar refractivity (Wildman–Crippen MR) is 54.9 cm³/mol. The van der Waals surface area contributed by atoms with Crippen molar-refractivity contribution in [2.45, 2.75) is 32.5 Å². The maximum Gasteiger partial charge on any atom is 0.434 e. The molecule has 0 saturated carbocycles. The molecule has 0 aliphatic heterocycles. The molecule has 1 aromatic heterocycles. The van der Waals surface area contributed by atoms with Crippen LogP contribution in [0, 0.1) is 0 Å². The summed E-state index contributed by atoms with van der Waals surface area (Å²) in [6, 6.07) is 0. The Morgan fingerprint density at radius 3 is 2.00 bits per heavy atom. The van der Waals surface area contributed by atoms with Crippen molar-refractivity contribution < 1.29 is 13.2 Å². The molecule has 0 saturated heterocycles. The number of rotatable bonds is 0. The molecule has 0 radical (unpaired) electrons. The minimum absolute atomic E-state index is 0.183. The van der Waals surface area contributed by atoms with E-state index in [4.69, 9.17) is 11.6 Å². The molecule has 0 amide bonds. The van der Waals surface area contributed by atoms with E-state index in [0.717, 1.165) is 4.68 Å². The van der Waals surface area contributed by atoms with Gasteiger partial charge in [0.1, 0.15) is 0 Å². The first-order valence-electron chi connectivity index (χ1n) is 4.07. The molecular weight excluding hydrogens is 296 g/mol. The molecule has 0 atom stereocenters. The molecule has 0 aromatic carbocycles. The van der Waals surface area contributed by atoms with Gasteiger partial charge < -0.3 is 0 Å². The van der Waals surface area contributed by atoms with Crippen LogP contribution in [0.3, 0.4) is 0 Å². The molecule has 2 nitrogen and oxygen atoms in total. The number of hydrogen-bond donors (Lipinski definition) is 0. The molecule has 1 rings (SSSR count). The summed E-state index contributed by atoms with van der Waals surface area (Å²) in [5.41, 5.74) is -1.64. The summed E-state index contributed by atoms with van der Waals surface area (Å²) in [4.78, 5) is 0. The first-order chi connectivity index (χ1) is 6.55. The van der Waals surface area contributed by atoms with Crippen molar-refractivity contribution >= 4 is 27.5 Å². The first-order valence-corrected chi connectivity index (χ1v) is 5.24. The molecule has 0 spiro atoms. The smallest absolute Gasteiger partial charge is 0.253 e. The van der Waals surface area contributed by atoms with Crippen LogP contribution in [-0.2, 0) is 11.7 Å². The Labute approximate surface area is 98.5 Å². The van der Waals surface area contributed by atoms with E-state index in [9.17, 15) is 13.2 Å². The molecule has 15 heavy (non-hydrogen) atoms. The lowest BCUT2D eigenvalue weighted by atomic mass is 10.1. The van der Waals surface area contributed by atoms with Gasteiger partial charge >= 0.3 is 6.18 Å². The minimum atomic E-state index is -4.48. The zero-order valence-electron chi connectivity index (χ0n) is 8.28. The number of alkyl halides is 3. The van der Waals surface area contributed by atoms with Gasteiger partial charge in [0, 0.05) is 0 Å². The highest BCUT2D eigenvalue weighted by atomic mass is 79.9. The molecule has 0 aliphatic rings. The fraction of sp³-hybridized carbons (Fsp3) is 0.625. The van der Waals surface area contributed by atoms with Gasteiger partial charge in [-0.2, -0.15) is 18.3 Å². The van der Waals surface area contributed by atoms with Crippen molar-refractivity contribution in [1.29, 1.82) is 0 Å². The Kier molecular flexibility index (Phi) is 3.13. The van der Waals surface area contributed by atoms with Gasteiger partial charge in [0.05, 0.1) is 10.0 Å². The Morgan fingerprint density at radius 2 is 1.73 bits per heavy atom. The number of hydrogen-bond acceptors (Lipinski definition) is 1. The second-order valence-electron chi connectivity index (χ2n) is 4.03. The standard InChI is InChI=1S/C8H9BrClF3N2/c1-7(2,3)15-5(8(11,12)13)4(9)6(10)14-15/h1-3H3. The Bertz CT molecular complexity index is 378. The second-order valence-corrected chi connectivity index (χ2v) is 5.18. The van der Waals surface area contributed by atoms with E-state index >= 15 is 0 Å². The molecule has 1 aromatic rings. The summed E-state index contributed by atoms with van der Waals surface area (Å²) < 4.78 is 38.8. The highest BCUT2D eigenvalue weighted by molar-refractivity contribution is 9.10. The van der Waals surface area contributed by atoms with Gasteiger partial charge in [-0.3, -0.25) is 4.68 Å². The molecular formula is C8H9BrClF3N2. The fourth-order valence-electron chi connectivity index (χ4n) is 1.10. The van der Waals surface area contributed by atoms with Crippen LogP contribution in [0.1, 0.15) is 26.5 Å². The highest BCUT2D eigenvalue weighted by Crippen LogP contribution is 2.40. The average molecular weight is 306 g/mol. The van der Waals surface area contributed by atoms with Crippen LogP contribution in [0.5, 0.6) is 0 Å². The van der Waals surface area contributed by atoms with Gasteiger partial charge in [0.25, 0.3) is 0 Å². The van der Waals surface area contributed by atoms with Gasteiger partial charge in [-0.15, -0.1) is 0 Å². The lowest BCUT2D eigenvalue weighted by Crippen LogP contribution is -2.28. The van der Waals surface area contributed by atoms with Gasteiger partial charge in [-0.05, 0) is 36.7 Å². The molecule has 7 heteroatoms. The number of halogens is 5. The summed E-state index contributed by atoms with van der Waals surface area (Å²) in [7, 11) is 0. The third kappa shape index (κ3) is 2.47. The fourth-order valence-corrected chi connectivity index (χ4v) is 1.74. The largest absolute Gasteiger partial charge is 0.434 e. The summed E-state index contributed by atoms with van der Waals surface area (Å²) in [6.07, 6.45) is -4.48. The summed E-state index contributed by atoms with van der Waals surface area (Å²) in [5, 5.41) is 3.48. The molecule has 0 N–H and O–H groups in total. The van der Waals surface area contributed by atoms with E-state index in [0.29, 0.717) is 0 Å². The van der Waals surface area contributed by atoms with Crippen LogP contribution >= 0.6 is 27.5 Å². The molecule has 1 heterocycles.